The van der Waals surface area contributed by atoms with Gasteiger partial charge < -0.3 is 9.47 Å². The molecule has 1 aromatic carbocycles. The van der Waals surface area contributed by atoms with Crippen LogP contribution in [-0.2, 0) is 0 Å². The number of rotatable bonds is 4. The molecule has 0 bridgehead atoms. The van der Waals surface area contributed by atoms with E-state index in [1.807, 2.05) is 18.2 Å². The average molecular weight is 310 g/mol. The van der Waals surface area contributed by atoms with Gasteiger partial charge in [-0.1, -0.05) is 31.9 Å². The molecule has 0 heterocycles. The molecule has 0 fully saturated rings. The Labute approximate surface area is 94.5 Å². The van der Waals surface area contributed by atoms with Crippen molar-refractivity contribution in [3.05, 3.63) is 22.7 Å². The molecule has 13 heavy (non-hydrogen) atoms. The Morgan fingerprint density at radius 2 is 2.08 bits per heavy atom. The van der Waals surface area contributed by atoms with Crippen molar-refractivity contribution >= 4 is 31.9 Å². The maximum absolute atomic E-state index is 5.44. The van der Waals surface area contributed by atoms with Crippen molar-refractivity contribution in [1.29, 1.82) is 0 Å². The van der Waals surface area contributed by atoms with E-state index in [0.717, 1.165) is 21.3 Å². The molecule has 2 nitrogen and oxygen atoms in total. The first-order valence-electron chi connectivity index (χ1n) is 3.80. The predicted molar refractivity (Wildman–Crippen MR) is 60.0 cm³/mol. The second-order valence-corrected chi connectivity index (χ2v) is 4.04. The summed E-state index contributed by atoms with van der Waals surface area (Å²) in [7, 11) is 1.63. The molecule has 1 rings (SSSR count). The first-order valence-corrected chi connectivity index (χ1v) is 5.71. The number of alkyl halides is 1. The van der Waals surface area contributed by atoms with Crippen molar-refractivity contribution in [2.24, 2.45) is 0 Å². The standard InChI is InChI=1S/C9H10Br2O2/c1-12-9-6-7(11)2-3-8(9)13-5-4-10/h2-3,6H,4-5H2,1H3. The van der Waals surface area contributed by atoms with Crippen molar-refractivity contribution in [3.63, 3.8) is 0 Å². The second-order valence-electron chi connectivity index (χ2n) is 2.33. The number of ether oxygens (including phenoxy) is 2. The van der Waals surface area contributed by atoms with Crippen LogP contribution >= 0.6 is 31.9 Å². The van der Waals surface area contributed by atoms with Gasteiger partial charge in [-0.3, -0.25) is 0 Å². The fourth-order valence-corrected chi connectivity index (χ4v) is 1.41. The highest BCUT2D eigenvalue weighted by atomic mass is 79.9. The molecule has 0 saturated carbocycles. The molecule has 0 aliphatic heterocycles. The molecule has 0 atom stereocenters. The van der Waals surface area contributed by atoms with E-state index in [0.29, 0.717) is 6.61 Å². The molecular formula is C9H10Br2O2. The third-order valence-electron chi connectivity index (χ3n) is 1.46. The zero-order valence-corrected chi connectivity index (χ0v) is 10.4. The van der Waals surface area contributed by atoms with Crippen molar-refractivity contribution in [1.82, 2.24) is 0 Å². The van der Waals surface area contributed by atoms with E-state index < -0.39 is 0 Å². The lowest BCUT2D eigenvalue weighted by molar-refractivity contribution is 0.314. The van der Waals surface area contributed by atoms with E-state index in [-0.39, 0.29) is 0 Å². The molecule has 0 aliphatic carbocycles. The molecule has 0 unspecified atom stereocenters. The van der Waals surface area contributed by atoms with E-state index in [2.05, 4.69) is 31.9 Å². The van der Waals surface area contributed by atoms with Crippen LogP contribution in [-0.4, -0.2) is 19.0 Å². The van der Waals surface area contributed by atoms with E-state index in [9.17, 15) is 0 Å². The summed E-state index contributed by atoms with van der Waals surface area (Å²) >= 11 is 6.65. The minimum Gasteiger partial charge on any atom is -0.493 e. The minimum absolute atomic E-state index is 0.637. The number of hydrogen-bond acceptors (Lipinski definition) is 2. The lowest BCUT2D eigenvalue weighted by atomic mass is 10.3. The summed E-state index contributed by atoms with van der Waals surface area (Å²) in [4.78, 5) is 0. The van der Waals surface area contributed by atoms with Crippen LogP contribution in [0.4, 0.5) is 0 Å². The largest absolute Gasteiger partial charge is 0.493 e. The molecule has 0 amide bonds. The number of benzene rings is 1. The molecule has 0 aliphatic rings. The Kier molecular flexibility index (Phi) is 4.59. The normalized spacial score (nSPS) is 9.77. The van der Waals surface area contributed by atoms with Crippen LogP contribution in [0.1, 0.15) is 0 Å². The summed E-state index contributed by atoms with van der Waals surface area (Å²) in [5.41, 5.74) is 0. The van der Waals surface area contributed by atoms with Crippen molar-refractivity contribution in [2.75, 3.05) is 19.0 Å². The van der Waals surface area contributed by atoms with Crippen LogP contribution in [0.3, 0.4) is 0 Å². The SMILES string of the molecule is COc1cc(Br)ccc1OCCBr. The maximum Gasteiger partial charge on any atom is 0.161 e. The van der Waals surface area contributed by atoms with Crippen molar-refractivity contribution < 1.29 is 9.47 Å². The second kappa shape index (κ2) is 5.50. The van der Waals surface area contributed by atoms with Gasteiger partial charge in [-0.25, -0.2) is 0 Å². The van der Waals surface area contributed by atoms with E-state index in [1.165, 1.54) is 0 Å². The lowest BCUT2D eigenvalue weighted by Crippen LogP contribution is -1.99. The van der Waals surface area contributed by atoms with Crippen LogP contribution in [0, 0.1) is 0 Å². The Morgan fingerprint density at radius 1 is 1.31 bits per heavy atom. The van der Waals surface area contributed by atoms with Gasteiger partial charge in [-0.05, 0) is 18.2 Å². The van der Waals surface area contributed by atoms with Crippen molar-refractivity contribution in [2.45, 2.75) is 0 Å². The van der Waals surface area contributed by atoms with Gasteiger partial charge in [0.1, 0.15) is 0 Å². The van der Waals surface area contributed by atoms with Gasteiger partial charge >= 0.3 is 0 Å². The smallest absolute Gasteiger partial charge is 0.161 e. The first-order chi connectivity index (χ1) is 6.27. The van der Waals surface area contributed by atoms with E-state index in [1.54, 1.807) is 7.11 Å². The molecule has 72 valence electrons. The molecular weight excluding hydrogens is 300 g/mol. The number of hydrogen-bond donors (Lipinski definition) is 0. The Bertz CT molecular complexity index is 276. The third-order valence-corrected chi connectivity index (χ3v) is 2.28. The highest BCUT2D eigenvalue weighted by molar-refractivity contribution is 9.10. The predicted octanol–water partition coefficient (Wildman–Crippen LogP) is 3.23. The quantitative estimate of drug-likeness (QED) is 0.795. The fraction of sp³-hybridized carbons (Fsp3) is 0.333. The van der Waals surface area contributed by atoms with Crippen LogP contribution < -0.4 is 9.47 Å². The van der Waals surface area contributed by atoms with Crippen LogP contribution in [0.2, 0.25) is 0 Å². The minimum atomic E-state index is 0.637. The monoisotopic (exact) mass is 308 g/mol. The molecule has 0 aromatic heterocycles. The van der Waals surface area contributed by atoms with Gasteiger partial charge in [-0.2, -0.15) is 0 Å². The molecule has 0 N–H and O–H groups in total. The van der Waals surface area contributed by atoms with Gasteiger partial charge in [0.25, 0.3) is 0 Å². The highest BCUT2D eigenvalue weighted by Gasteiger charge is 2.03. The fourth-order valence-electron chi connectivity index (χ4n) is 0.909. The first kappa shape index (κ1) is 10.9. The Morgan fingerprint density at radius 3 is 2.69 bits per heavy atom. The number of halogens is 2. The van der Waals surface area contributed by atoms with Gasteiger partial charge in [0.15, 0.2) is 11.5 Å². The molecule has 1 aromatic rings. The zero-order valence-electron chi connectivity index (χ0n) is 7.22. The summed E-state index contributed by atoms with van der Waals surface area (Å²) in [6.07, 6.45) is 0. The molecule has 0 saturated heterocycles. The van der Waals surface area contributed by atoms with Gasteiger partial charge in [-0.15, -0.1) is 0 Å². The van der Waals surface area contributed by atoms with Crippen LogP contribution in [0.15, 0.2) is 22.7 Å². The Balaban J connectivity index is 2.79. The van der Waals surface area contributed by atoms with E-state index >= 15 is 0 Å². The van der Waals surface area contributed by atoms with Crippen LogP contribution in [0.25, 0.3) is 0 Å². The van der Waals surface area contributed by atoms with E-state index in [4.69, 9.17) is 9.47 Å². The average Bonchev–Trinajstić information content (AvgIpc) is 2.16. The maximum atomic E-state index is 5.44. The number of methoxy groups -OCH3 is 1. The van der Waals surface area contributed by atoms with Gasteiger partial charge in [0.05, 0.1) is 13.7 Å². The van der Waals surface area contributed by atoms with Crippen molar-refractivity contribution in [3.8, 4) is 11.5 Å². The molecule has 4 heteroatoms. The summed E-state index contributed by atoms with van der Waals surface area (Å²) in [6.45, 7) is 0.637. The molecule has 0 spiro atoms. The highest BCUT2D eigenvalue weighted by Crippen LogP contribution is 2.29. The van der Waals surface area contributed by atoms with Crippen LogP contribution in [0.5, 0.6) is 11.5 Å². The topological polar surface area (TPSA) is 18.5 Å². The molecule has 0 radical (unpaired) electrons. The van der Waals surface area contributed by atoms with Gasteiger partial charge in [0.2, 0.25) is 0 Å². The Hall–Kier alpha value is -0.220. The summed E-state index contributed by atoms with van der Waals surface area (Å²) < 4.78 is 11.6. The van der Waals surface area contributed by atoms with Gasteiger partial charge in [0, 0.05) is 9.80 Å². The summed E-state index contributed by atoms with van der Waals surface area (Å²) in [6, 6.07) is 5.68. The lowest BCUT2D eigenvalue weighted by Gasteiger charge is -2.09. The third kappa shape index (κ3) is 3.19. The zero-order chi connectivity index (χ0) is 9.68. The summed E-state index contributed by atoms with van der Waals surface area (Å²) in [5, 5.41) is 0.812. The summed E-state index contributed by atoms with van der Waals surface area (Å²) in [5.74, 6) is 1.51.